The van der Waals surface area contributed by atoms with Crippen LogP contribution < -0.4 is 10.2 Å². The molecule has 124 valence electrons. The molecule has 1 aliphatic carbocycles. The van der Waals surface area contributed by atoms with Crippen LogP contribution in [0.2, 0.25) is 0 Å². The molecule has 6 nitrogen and oxygen atoms in total. The van der Waals surface area contributed by atoms with Gasteiger partial charge in [-0.25, -0.2) is 0 Å². The van der Waals surface area contributed by atoms with Gasteiger partial charge in [0.05, 0.1) is 6.54 Å². The Morgan fingerprint density at radius 3 is 2.96 bits per heavy atom. The first-order chi connectivity index (χ1) is 11.1. The summed E-state index contributed by atoms with van der Waals surface area (Å²) < 4.78 is 5.27. The molecule has 0 bridgehead atoms. The molecule has 1 N–H and O–H groups in total. The van der Waals surface area contributed by atoms with Gasteiger partial charge in [-0.15, -0.1) is 0 Å². The summed E-state index contributed by atoms with van der Waals surface area (Å²) in [6.07, 6.45) is 6.66. The van der Waals surface area contributed by atoms with Crippen LogP contribution in [0.15, 0.2) is 22.9 Å². The Hall–Kier alpha value is -1.95. The van der Waals surface area contributed by atoms with Crippen molar-refractivity contribution in [3.05, 3.63) is 35.5 Å². The number of aryl methyl sites for hydroxylation is 1. The monoisotopic (exact) mass is 315 g/mol. The minimum atomic E-state index is 0.477. The Morgan fingerprint density at radius 2 is 2.22 bits per heavy atom. The van der Waals surface area contributed by atoms with Gasteiger partial charge in [0.2, 0.25) is 5.89 Å². The van der Waals surface area contributed by atoms with Crippen LogP contribution in [0.25, 0.3) is 0 Å². The maximum absolute atomic E-state index is 5.27. The third-order valence-corrected chi connectivity index (χ3v) is 4.51. The normalized spacial score (nSPS) is 21.3. The molecular weight excluding hydrogens is 290 g/mol. The van der Waals surface area contributed by atoms with E-state index >= 15 is 0 Å². The van der Waals surface area contributed by atoms with E-state index in [2.05, 4.69) is 33.4 Å². The summed E-state index contributed by atoms with van der Waals surface area (Å²) >= 11 is 0. The zero-order valence-corrected chi connectivity index (χ0v) is 14.1. The van der Waals surface area contributed by atoms with Crippen LogP contribution >= 0.6 is 0 Å². The quantitative estimate of drug-likeness (QED) is 0.915. The largest absolute Gasteiger partial charge is 0.344 e. The van der Waals surface area contributed by atoms with Crippen molar-refractivity contribution in [3.63, 3.8) is 0 Å². The fraction of sp³-hybridized carbons (Fsp3) is 0.588. The summed E-state index contributed by atoms with van der Waals surface area (Å²) in [6.45, 7) is 2.78. The highest BCUT2D eigenvalue weighted by Gasteiger charge is 2.25. The second-order valence-corrected chi connectivity index (χ2v) is 6.53. The maximum Gasteiger partial charge on any atom is 0.265 e. The third kappa shape index (κ3) is 3.88. The number of nitrogens with one attached hydrogen (secondary N) is 1. The first-order valence-corrected chi connectivity index (χ1v) is 8.28. The smallest absolute Gasteiger partial charge is 0.265 e. The summed E-state index contributed by atoms with van der Waals surface area (Å²) in [5, 5.41) is 7.51. The second-order valence-electron chi connectivity index (χ2n) is 6.53. The molecule has 0 spiro atoms. The van der Waals surface area contributed by atoms with Gasteiger partial charge >= 0.3 is 0 Å². The molecule has 6 heteroatoms. The van der Waals surface area contributed by atoms with E-state index in [-0.39, 0.29) is 0 Å². The Balaban J connectivity index is 1.57. The van der Waals surface area contributed by atoms with Crippen LogP contribution in [0.3, 0.4) is 0 Å². The summed E-state index contributed by atoms with van der Waals surface area (Å²) in [7, 11) is 3.81. The number of aromatic nitrogens is 3. The molecule has 0 saturated heterocycles. The predicted molar refractivity (Wildman–Crippen MR) is 89.4 cm³/mol. The number of hydrogen-bond donors (Lipinski definition) is 1. The molecule has 2 aromatic heterocycles. The van der Waals surface area contributed by atoms with E-state index in [1.54, 1.807) is 0 Å². The zero-order chi connectivity index (χ0) is 16.2. The van der Waals surface area contributed by atoms with Gasteiger partial charge in [-0.1, -0.05) is 12.5 Å². The standard InChI is InChI=1S/C17H25N5O/c1-12-6-5-9-18-16(12)13-7-4-8-14(10-13)19-11-15-20-17(21-23-15)22(2)3/h5-6,9,13-14,19H,4,7-8,10-11H2,1-3H3/t13-,14+/m0/s1. The minimum absolute atomic E-state index is 0.477. The van der Waals surface area contributed by atoms with Crippen molar-refractivity contribution in [2.75, 3.05) is 19.0 Å². The van der Waals surface area contributed by atoms with Gasteiger partial charge in [-0.05, 0) is 43.0 Å². The SMILES string of the molecule is Cc1cccnc1[C@H]1CCC[C@@H](NCc2nc(N(C)C)no2)C1. The number of pyridine rings is 1. The molecule has 1 aliphatic rings. The van der Waals surface area contributed by atoms with Crippen LogP contribution in [0.1, 0.15) is 48.7 Å². The van der Waals surface area contributed by atoms with Crippen LogP contribution in [0.4, 0.5) is 5.95 Å². The molecular formula is C17H25N5O. The van der Waals surface area contributed by atoms with Gasteiger partial charge < -0.3 is 14.7 Å². The van der Waals surface area contributed by atoms with E-state index < -0.39 is 0 Å². The molecule has 1 saturated carbocycles. The van der Waals surface area contributed by atoms with Gasteiger partial charge in [0.25, 0.3) is 5.95 Å². The molecule has 1 fully saturated rings. The van der Waals surface area contributed by atoms with Crippen LogP contribution in [-0.2, 0) is 6.54 Å². The fourth-order valence-corrected chi connectivity index (χ4v) is 3.28. The van der Waals surface area contributed by atoms with Crippen molar-refractivity contribution in [2.24, 2.45) is 0 Å². The third-order valence-electron chi connectivity index (χ3n) is 4.51. The van der Waals surface area contributed by atoms with E-state index in [9.17, 15) is 0 Å². The topological polar surface area (TPSA) is 67.1 Å². The van der Waals surface area contributed by atoms with Gasteiger partial charge in [-0.2, -0.15) is 4.98 Å². The van der Waals surface area contributed by atoms with Crippen molar-refractivity contribution in [2.45, 2.75) is 51.1 Å². The molecule has 0 aliphatic heterocycles. The molecule has 23 heavy (non-hydrogen) atoms. The highest BCUT2D eigenvalue weighted by Crippen LogP contribution is 2.33. The highest BCUT2D eigenvalue weighted by atomic mass is 16.5. The lowest BCUT2D eigenvalue weighted by Crippen LogP contribution is -2.33. The molecule has 2 aromatic rings. The van der Waals surface area contributed by atoms with Crippen LogP contribution in [-0.4, -0.2) is 35.3 Å². The van der Waals surface area contributed by atoms with Crippen LogP contribution in [0, 0.1) is 6.92 Å². The minimum Gasteiger partial charge on any atom is -0.344 e. The Morgan fingerprint density at radius 1 is 1.35 bits per heavy atom. The van der Waals surface area contributed by atoms with Gasteiger partial charge in [0.15, 0.2) is 0 Å². The summed E-state index contributed by atoms with van der Waals surface area (Å²) in [5.74, 6) is 1.81. The molecule has 0 radical (unpaired) electrons. The lowest BCUT2D eigenvalue weighted by atomic mass is 9.82. The van der Waals surface area contributed by atoms with E-state index in [1.165, 1.54) is 30.5 Å². The average molecular weight is 315 g/mol. The molecule has 2 heterocycles. The molecule has 0 unspecified atom stereocenters. The lowest BCUT2D eigenvalue weighted by molar-refractivity contribution is 0.307. The molecule has 3 rings (SSSR count). The van der Waals surface area contributed by atoms with E-state index in [4.69, 9.17) is 4.52 Å². The fourth-order valence-electron chi connectivity index (χ4n) is 3.28. The lowest BCUT2D eigenvalue weighted by Gasteiger charge is -2.30. The average Bonchev–Trinajstić information content (AvgIpc) is 3.03. The van der Waals surface area contributed by atoms with Gasteiger partial charge in [0, 0.05) is 37.9 Å². The van der Waals surface area contributed by atoms with E-state index in [0.717, 1.165) is 6.42 Å². The Kier molecular flexibility index (Phi) is 4.91. The van der Waals surface area contributed by atoms with Crippen molar-refractivity contribution in [1.29, 1.82) is 0 Å². The predicted octanol–water partition coefficient (Wildman–Crippen LogP) is 2.66. The molecule has 0 aromatic carbocycles. The summed E-state index contributed by atoms with van der Waals surface area (Å²) in [6, 6.07) is 4.64. The van der Waals surface area contributed by atoms with Crippen molar-refractivity contribution < 1.29 is 4.52 Å². The van der Waals surface area contributed by atoms with E-state index in [1.807, 2.05) is 31.3 Å². The molecule has 2 atom stereocenters. The highest BCUT2D eigenvalue weighted by molar-refractivity contribution is 5.24. The Labute approximate surface area is 137 Å². The first-order valence-electron chi connectivity index (χ1n) is 8.28. The van der Waals surface area contributed by atoms with Crippen molar-refractivity contribution in [1.82, 2.24) is 20.4 Å². The number of hydrogen-bond acceptors (Lipinski definition) is 6. The second kappa shape index (κ2) is 7.08. The summed E-state index contributed by atoms with van der Waals surface area (Å²) in [5.41, 5.74) is 2.55. The van der Waals surface area contributed by atoms with Gasteiger partial charge in [-0.3, -0.25) is 4.98 Å². The maximum atomic E-state index is 5.27. The first kappa shape index (κ1) is 15.9. The van der Waals surface area contributed by atoms with E-state index in [0.29, 0.717) is 30.3 Å². The van der Waals surface area contributed by atoms with Gasteiger partial charge in [0.1, 0.15) is 0 Å². The Bertz CT molecular complexity index is 639. The zero-order valence-electron chi connectivity index (χ0n) is 14.1. The number of rotatable bonds is 5. The summed E-state index contributed by atoms with van der Waals surface area (Å²) in [4.78, 5) is 10.8. The van der Waals surface area contributed by atoms with Crippen molar-refractivity contribution in [3.8, 4) is 0 Å². The van der Waals surface area contributed by atoms with Crippen LogP contribution in [0.5, 0.6) is 0 Å². The number of anilines is 1. The number of nitrogens with zero attached hydrogens (tertiary/aromatic N) is 4. The molecule has 0 amide bonds. The van der Waals surface area contributed by atoms with Crippen molar-refractivity contribution >= 4 is 5.95 Å².